The van der Waals surface area contributed by atoms with Crippen molar-refractivity contribution in [3.63, 3.8) is 0 Å². The Labute approximate surface area is 189 Å². The fraction of sp³-hybridized carbons (Fsp3) is 0.167. The summed E-state index contributed by atoms with van der Waals surface area (Å²) >= 11 is 1.08. The van der Waals surface area contributed by atoms with Crippen molar-refractivity contribution in [2.24, 2.45) is 0 Å². The lowest BCUT2D eigenvalue weighted by atomic mass is 10.1. The summed E-state index contributed by atoms with van der Waals surface area (Å²) in [6.45, 7) is 2.35. The Balaban J connectivity index is 1.66. The van der Waals surface area contributed by atoms with Crippen molar-refractivity contribution < 1.29 is 14.0 Å². The first-order valence-electron chi connectivity index (χ1n) is 10.2. The third-order valence-electron chi connectivity index (χ3n) is 4.95. The van der Waals surface area contributed by atoms with Gasteiger partial charge in [0.15, 0.2) is 11.7 Å². The van der Waals surface area contributed by atoms with Crippen molar-refractivity contribution in [2.45, 2.75) is 19.4 Å². The van der Waals surface area contributed by atoms with Crippen molar-refractivity contribution in [1.82, 2.24) is 14.9 Å². The summed E-state index contributed by atoms with van der Waals surface area (Å²) in [6, 6.07) is 19.7. The molecule has 1 N–H and O–H groups in total. The molecule has 0 unspecified atom stereocenters. The second kappa shape index (κ2) is 10.0. The molecule has 0 aliphatic rings. The SMILES string of the molecule is Cc1cccc(N(C(=O)c2csnn2)[C@H](C(=O)NCCc2ccccc2)c2ccco2)c1. The molecule has 2 amide bonds. The molecule has 0 bridgehead atoms. The molecule has 1 atom stereocenters. The molecule has 2 aromatic carbocycles. The Bertz CT molecular complexity index is 1160. The predicted molar refractivity (Wildman–Crippen MR) is 123 cm³/mol. The smallest absolute Gasteiger partial charge is 0.280 e. The lowest BCUT2D eigenvalue weighted by Crippen LogP contribution is -2.44. The number of carbonyl (C=O) groups excluding carboxylic acids is 2. The number of benzene rings is 2. The molecular formula is C24H22N4O3S. The maximum atomic E-state index is 13.5. The first kappa shape index (κ1) is 21.5. The van der Waals surface area contributed by atoms with Crippen LogP contribution in [-0.4, -0.2) is 27.9 Å². The Morgan fingerprint density at radius 2 is 1.94 bits per heavy atom. The normalized spacial score (nSPS) is 11.7. The molecule has 7 nitrogen and oxygen atoms in total. The number of anilines is 1. The molecule has 2 aromatic heterocycles. The minimum atomic E-state index is -1.00. The van der Waals surface area contributed by atoms with Gasteiger partial charge in [0, 0.05) is 17.6 Å². The fourth-order valence-electron chi connectivity index (χ4n) is 3.43. The summed E-state index contributed by atoms with van der Waals surface area (Å²) in [5.41, 5.74) is 2.81. The molecule has 0 aliphatic carbocycles. The monoisotopic (exact) mass is 446 g/mol. The topological polar surface area (TPSA) is 88.3 Å². The van der Waals surface area contributed by atoms with E-state index in [1.165, 1.54) is 11.2 Å². The molecule has 0 radical (unpaired) electrons. The number of aryl methyl sites for hydroxylation is 1. The summed E-state index contributed by atoms with van der Waals surface area (Å²) in [6.07, 6.45) is 2.16. The Morgan fingerprint density at radius 3 is 2.62 bits per heavy atom. The van der Waals surface area contributed by atoms with E-state index in [9.17, 15) is 9.59 Å². The average molecular weight is 447 g/mol. The standard InChI is InChI=1S/C24H22N4O3S/c1-17-7-5-10-19(15-17)28(24(30)20-16-32-27-26-20)22(21-11-6-14-31-21)23(29)25-13-12-18-8-3-2-4-9-18/h2-11,14-16,22H,12-13H2,1H3,(H,25,29)/t22-/m0/s1. The summed E-state index contributed by atoms with van der Waals surface area (Å²) in [5, 5.41) is 8.45. The lowest BCUT2D eigenvalue weighted by Gasteiger charge is -2.29. The van der Waals surface area contributed by atoms with Crippen LogP contribution < -0.4 is 10.2 Å². The van der Waals surface area contributed by atoms with Crippen LogP contribution in [0.2, 0.25) is 0 Å². The molecule has 162 valence electrons. The van der Waals surface area contributed by atoms with E-state index >= 15 is 0 Å². The second-order valence-electron chi connectivity index (χ2n) is 7.25. The van der Waals surface area contributed by atoms with Crippen LogP contribution in [0.25, 0.3) is 0 Å². The van der Waals surface area contributed by atoms with Crippen LogP contribution in [0.4, 0.5) is 5.69 Å². The zero-order chi connectivity index (χ0) is 22.3. The van der Waals surface area contributed by atoms with E-state index in [4.69, 9.17) is 4.42 Å². The van der Waals surface area contributed by atoms with Gasteiger partial charge in [-0.2, -0.15) is 0 Å². The highest BCUT2D eigenvalue weighted by molar-refractivity contribution is 7.03. The third kappa shape index (κ3) is 4.92. The molecule has 0 saturated heterocycles. The molecule has 0 aliphatic heterocycles. The van der Waals surface area contributed by atoms with Gasteiger partial charge >= 0.3 is 0 Å². The van der Waals surface area contributed by atoms with Crippen LogP contribution in [0.15, 0.2) is 82.8 Å². The predicted octanol–water partition coefficient (Wildman–Crippen LogP) is 4.19. The summed E-state index contributed by atoms with van der Waals surface area (Å²) in [4.78, 5) is 28.3. The van der Waals surface area contributed by atoms with Gasteiger partial charge in [-0.05, 0) is 60.3 Å². The lowest BCUT2D eigenvalue weighted by molar-refractivity contribution is -0.122. The van der Waals surface area contributed by atoms with Crippen LogP contribution >= 0.6 is 11.5 Å². The van der Waals surface area contributed by atoms with Crippen molar-refractivity contribution >= 4 is 29.0 Å². The molecular weight excluding hydrogens is 424 g/mol. The van der Waals surface area contributed by atoms with Gasteiger partial charge in [0.05, 0.1) is 6.26 Å². The Hall–Kier alpha value is -3.78. The van der Waals surface area contributed by atoms with Crippen molar-refractivity contribution in [1.29, 1.82) is 0 Å². The van der Waals surface area contributed by atoms with Gasteiger partial charge in [-0.3, -0.25) is 14.5 Å². The molecule has 0 spiro atoms. The number of nitrogens with zero attached hydrogens (tertiary/aromatic N) is 3. The number of nitrogens with one attached hydrogen (secondary N) is 1. The number of hydrogen-bond donors (Lipinski definition) is 1. The van der Waals surface area contributed by atoms with Gasteiger partial charge in [-0.1, -0.05) is 47.0 Å². The number of aromatic nitrogens is 2. The fourth-order valence-corrected chi connectivity index (χ4v) is 3.86. The van der Waals surface area contributed by atoms with Crippen LogP contribution in [0.5, 0.6) is 0 Å². The average Bonchev–Trinajstić information content (AvgIpc) is 3.52. The number of furan rings is 1. The van der Waals surface area contributed by atoms with E-state index in [0.29, 0.717) is 24.4 Å². The highest BCUT2D eigenvalue weighted by Gasteiger charge is 2.36. The van der Waals surface area contributed by atoms with Crippen LogP contribution in [0.1, 0.15) is 33.4 Å². The minimum absolute atomic E-state index is 0.171. The largest absolute Gasteiger partial charge is 0.467 e. The zero-order valence-corrected chi connectivity index (χ0v) is 18.3. The van der Waals surface area contributed by atoms with Crippen molar-refractivity contribution in [2.75, 3.05) is 11.4 Å². The molecule has 8 heteroatoms. The molecule has 4 rings (SSSR count). The zero-order valence-electron chi connectivity index (χ0n) is 17.5. The first-order valence-corrected chi connectivity index (χ1v) is 11.0. The minimum Gasteiger partial charge on any atom is -0.467 e. The van der Waals surface area contributed by atoms with E-state index in [2.05, 4.69) is 14.9 Å². The van der Waals surface area contributed by atoms with E-state index in [0.717, 1.165) is 22.7 Å². The maximum absolute atomic E-state index is 13.5. The summed E-state index contributed by atoms with van der Waals surface area (Å²) in [5.74, 6) is -0.404. The first-order chi connectivity index (χ1) is 15.6. The number of carbonyl (C=O) groups is 2. The van der Waals surface area contributed by atoms with Crippen molar-refractivity contribution in [3.8, 4) is 0 Å². The van der Waals surface area contributed by atoms with Gasteiger partial charge in [0.2, 0.25) is 0 Å². The molecule has 32 heavy (non-hydrogen) atoms. The Kier molecular flexibility index (Phi) is 6.72. The van der Waals surface area contributed by atoms with Gasteiger partial charge in [0.25, 0.3) is 11.8 Å². The van der Waals surface area contributed by atoms with Crippen LogP contribution in [0.3, 0.4) is 0 Å². The van der Waals surface area contributed by atoms with Crippen LogP contribution in [0, 0.1) is 6.92 Å². The van der Waals surface area contributed by atoms with E-state index in [-0.39, 0.29) is 11.6 Å². The Morgan fingerprint density at radius 1 is 1.09 bits per heavy atom. The van der Waals surface area contributed by atoms with Gasteiger partial charge in [0.1, 0.15) is 5.76 Å². The van der Waals surface area contributed by atoms with E-state index in [1.807, 2.05) is 55.5 Å². The van der Waals surface area contributed by atoms with E-state index in [1.54, 1.807) is 23.6 Å². The molecule has 0 saturated carbocycles. The summed E-state index contributed by atoms with van der Waals surface area (Å²) in [7, 11) is 0. The van der Waals surface area contributed by atoms with Crippen LogP contribution in [-0.2, 0) is 11.2 Å². The third-order valence-corrected chi connectivity index (χ3v) is 5.46. The number of rotatable bonds is 8. The van der Waals surface area contributed by atoms with Crippen molar-refractivity contribution in [3.05, 3.63) is 101 Å². The highest BCUT2D eigenvalue weighted by Crippen LogP contribution is 2.30. The molecule has 4 aromatic rings. The van der Waals surface area contributed by atoms with Gasteiger partial charge < -0.3 is 9.73 Å². The number of hydrogen-bond acceptors (Lipinski definition) is 6. The maximum Gasteiger partial charge on any atom is 0.280 e. The second-order valence-corrected chi connectivity index (χ2v) is 7.86. The van der Waals surface area contributed by atoms with Gasteiger partial charge in [-0.25, -0.2) is 0 Å². The highest BCUT2D eigenvalue weighted by atomic mass is 32.1. The molecule has 2 heterocycles. The quantitative estimate of drug-likeness (QED) is 0.439. The summed E-state index contributed by atoms with van der Waals surface area (Å²) < 4.78 is 9.40. The number of amides is 2. The van der Waals surface area contributed by atoms with Gasteiger partial charge in [-0.15, -0.1) is 5.10 Å². The van der Waals surface area contributed by atoms with E-state index < -0.39 is 11.9 Å². The molecule has 0 fully saturated rings.